The van der Waals surface area contributed by atoms with Crippen molar-refractivity contribution in [2.24, 2.45) is 0 Å². The van der Waals surface area contributed by atoms with Crippen molar-refractivity contribution in [3.63, 3.8) is 0 Å². The monoisotopic (exact) mass is 318 g/mol. The van der Waals surface area contributed by atoms with Crippen molar-refractivity contribution in [2.75, 3.05) is 6.54 Å². The molecule has 2 heterocycles. The summed E-state index contributed by atoms with van der Waals surface area (Å²) in [5, 5.41) is 8.09. The predicted molar refractivity (Wildman–Crippen MR) is 84.4 cm³/mol. The van der Waals surface area contributed by atoms with E-state index in [0.717, 1.165) is 41.2 Å². The lowest BCUT2D eigenvalue weighted by molar-refractivity contribution is 0.0955. The first-order valence-electron chi connectivity index (χ1n) is 7.37. The second kappa shape index (κ2) is 6.00. The Balaban J connectivity index is 1.63. The Kier molecular flexibility index (Phi) is 4.06. The number of fused-ring (bicyclic) bond motifs is 1. The summed E-state index contributed by atoms with van der Waals surface area (Å²) in [5.74, 6) is -0.141. The van der Waals surface area contributed by atoms with Crippen LogP contribution >= 0.6 is 11.3 Å². The summed E-state index contributed by atoms with van der Waals surface area (Å²) >= 11 is 1.38. The Morgan fingerprint density at radius 2 is 2.23 bits per heavy atom. The molecule has 2 aromatic heterocycles. The van der Waals surface area contributed by atoms with Crippen LogP contribution in [0.25, 0.3) is 0 Å². The molecule has 6 nitrogen and oxygen atoms in total. The van der Waals surface area contributed by atoms with E-state index >= 15 is 0 Å². The smallest absolute Gasteiger partial charge is 0.267 e. The van der Waals surface area contributed by atoms with Crippen LogP contribution in [-0.4, -0.2) is 27.2 Å². The van der Waals surface area contributed by atoms with Crippen LogP contribution in [0, 0.1) is 13.8 Å². The number of amides is 1. The summed E-state index contributed by atoms with van der Waals surface area (Å²) in [6.07, 6.45) is 2.94. The molecule has 0 radical (unpaired) electrons. The first-order chi connectivity index (χ1) is 10.5. The summed E-state index contributed by atoms with van der Waals surface area (Å²) in [7, 11) is 0. The van der Waals surface area contributed by atoms with Gasteiger partial charge in [-0.15, -0.1) is 11.3 Å². The standard InChI is InChI=1S/C15H18N4O2S/c1-9-14(22-10(2)17-9)15(21)16-6-7-19-13(20)8-11-4-3-5-12(11)18-19/h8H,3-7H2,1-2H3,(H,16,21). The SMILES string of the molecule is Cc1nc(C)c(C(=O)NCCn2nc3c(cc2=O)CCC3)s1. The summed E-state index contributed by atoms with van der Waals surface area (Å²) < 4.78 is 1.44. The number of hydrogen-bond acceptors (Lipinski definition) is 5. The Labute approximate surface area is 132 Å². The van der Waals surface area contributed by atoms with Gasteiger partial charge in [0.1, 0.15) is 4.88 Å². The number of rotatable bonds is 4. The van der Waals surface area contributed by atoms with Crippen LogP contribution in [0.1, 0.15) is 38.1 Å². The van der Waals surface area contributed by atoms with Crippen molar-refractivity contribution in [3.8, 4) is 0 Å². The van der Waals surface area contributed by atoms with Crippen LogP contribution in [0.3, 0.4) is 0 Å². The zero-order chi connectivity index (χ0) is 15.7. The number of nitrogens with one attached hydrogen (secondary N) is 1. The summed E-state index contributed by atoms with van der Waals surface area (Å²) in [4.78, 5) is 28.9. The Morgan fingerprint density at radius 1 is 1.41 bits per heavy atom. The second-order valence-electron chi connectivity index (χ2n) is 5.43. The van der Waals surface area contributed by atoms with E-state index < -0.39 is 0 Å². The van der Waals surface area contributed by atoms with Crippen molar-refractivity contribution in [1.82, 2.24) is 20.1 Å². The second-order valence-corrected chi connectivity index (χ2v) is 6.64. The van der Waals surface area contributed by atoms with Crippen LogP contribution in [-0.2, 0) is 19.4 Å². The minimum absolute atomic E-state index is 0.0975. The van der Waals surface area contributed by atoms with Crippen molar-refractivity contribution >= 4 is 17.2 Å². The molecule has 0 aliphatic heterocycles. The summed E-state index contributed by atoms with van der Waals surface area (Å²) in [6.45, 7) is 4.46. The average Bonchev–Trinajstić information content (AvgIpc) is 3.04. The maximum atomic E-state index is 12.1. The predicted octanol–water partition coefficient (Wildman–Crippen LogP) is 1.24. The minimum Gasteiger partial charge on any atom is -0.349 e. The number of nitrogens with zero attached hydrogens (tertiary/aromatic N) is 3. The van der Waals surface area contributed by atoms with E-state index in [1.807, 2.05) is 13.8 Å². The molecule has 1 amide bonds. The van der Waals surface area contributed by atoms with Crippen LogP contribution < -0.4 is 10.9 Å². The topological polar surface area (TPSA) is 76.9 Å². The fourth-order valence-corrected chi connectivity index (χ4v) is 3.53. The van der Waals surface area contributed by atoms with E-state index in [4.69, 9.17) is 0 Å². The van der Waals surface area contributed by atoms with Gasteiger partial charge in [0.2, 0.25) is 0 Å². The highest BCUT2D eigenvalue weighted by atomic mass is 32.1. The average molecular weight is 318 g/mol. The highest BCUT2D eigenvalue weighted by molar-refractivity contribution is 7.13. The van der Waals surface area contributed by atoms with Gasteiger partial charge in [-0.1, -0.05) is 0 Å². The number of carbonyl (C=O) groups is 1. The quantitative estimate of drug-likeness (QED) is 0.920. The van der Waals surface area contributed by atoms with E-state index in [0.29, 0.717) is 18.0 Å². The molecular formula is C15H18N4O2S. The maximum absolute atomic E-state index is 12.1. The highest BCUT2D eigenvalue weighted by Gasteiger charge is 2.16. The van der Waals surface area contributed by atoms with Crippen molar-refractivity contribution in [2.45, 2.75) is 39.7 Å². The van der Waals surface area contributed by atoms with Gasteiger partial charge in [0.05, 0.1) is 22.9 Å². The van der Waals surface area contributed by atoms with Gasteiger partial charge in [0.15, 0.2) is 0 Å². The molecule has 0 bridgehead atoms. The minimum atomic E-state index is -0.141. The third-order valence-corrected chi connectivity index (χ3v) is 4.81. The maximum Gasteiger partial charge on any atom is 0.267 e. The Bertz CT molecular complexity index is 778. The third kappa shape index (κ3) is 2.94. The lowest BCUT2D eigenvalue weighted by Crippen LogP contribution is -2.32. The molecule has 0 fully saturated rings. The molecule has 116 valence electrons. The van der Waals surface area contributed by atoms with Crippen LogP contribution in [0.4, 0.5) is 0 Å². The molecule has 7 heteroatoms. The van der Waals surface area contributed by atoms with Gasteiger partial charge >= 0.3 is 0 Å². The molecule has 0 spiro atoms. The first-order valence-corrected chi connectivity index (χ1v) is 8.18. The molecule has 0 saturated heterocycles. The Hall–Kier alpha value is -2.02. The Morgan fingerprint density at radius 3 is 2.95 bits per heavy atom. The van der Waals surface area contributed by atoms with Crippen LogP contribution in [0.5, 0.6) is 0 Å². The number of carbonyl (C=O) groups excluding carboxylic acids is 1. The number of thiazole rings is 1. The molecule has 1 N–H and O–H groups in total. The summed E-state index contributed by atoms with van der Waals surface area (Å²) in [5.41, 5.74) is 2.73. The van der Waals surface area contributed by atoms with Crippen LogP contribution in [0.15, 0.2) is 10.9 Å². The normalized spacial score (nSPS) is 13.2. The lowest BCUT2D eigenvalue weighted by Gasteiger charge is -2.08. The van der Waals surface area contributed by atoms with Gasteiger partial charge in [-0.2, -0.15) is 5.10 Å². The molecule has 0 aromatic carbocycles. The van der Waals surface area contributed by atoms with Crippen LogP contribution in [0.2, 0.25) is 0 Å². The molecule has 1 aliphatic rings. The largest absolute Gasteiger partial charge is 0.349 e. The van der Waals surface area contributed by atoms with E-state index in [1.54, 1.807) is 6.07 Å². The van der Waals surface area contributed by atoms with Gasteiger partial charge in [-0.05, 0) is 38.7 Å². The number of aromatic nitrogens is 3. The lowest BCUT2D eigenvalue weighted by atomic mass is 10.2. The number of hydrogen-bond donors (Lipinski definition) is 1. The van der Waals surface area contributed by atoms with Gasteiger partial charge in [-0.25, -0.2) is 9.67 Å². The van der Waals surface area contributed by atoms with Gasteiger partial charge in [-0.3, -0.25) is 9.59 Å². The fraction of sp³-hybridized carbons (Fsp3) is 0.467. The molecule has 22 heavy (non-hydrogen) atoms. The van der Waals surface area contributed by atoms with Crippen molar-refractivity contribution in [3.05, 3.63) is 43.3 Å². The number of aryl methyl sites for hydroxylation is 4. The molecule has 0 saturated carbocycles. The third-order valence-electron chi connectivity index (χ3n) is 3.74. The molecule has 0 atom stereocenters. The summed E-state index contributed by atoms with van der Waals surface area (Å²) in [6, 6.07) is 1.67. The van der Waals surface area contributed by atoms with Crippen molar-refractivity contribution < 1.29 is 4.79 Å². The van der Waals surface area contributed by atoms with Gasteiger partial charge < -0.3 is 5.32 Å². The van der Waals surface area contributed by atoms with Gasteiger partial charge in [0, 0.05) is 12.6 Å². The van der Waals surface area contributed by atoms with E-state index in [9.17, 15) is 9.59 Å². The zero-order valence-corrected chi connectivity index (χ0v) is 13.5. The van der Waals surface area contributed by atoms with Crippen molar-refractivity contribution in [1.29, 1.82) is 0 Å². The molecule has 2 aromatic rings. The van der Waals surface area contributed by atoms with E-state index in [-0.39, 0.29) is 11.5 Å². The molecule has 1 aliphatic carbocycles. The first kappa shape index (κ1) is 14.9. The zero-order valence-electron chi connectivity index (χ0n) is 12.7. The van der Waals surface area contributed by atoms with E-state index in [1.165, 1.54) is 16.0 Å². The van der Waals surface area contributed by atoms with E-state index in [2.05, 4.69) is 15.4 Å². The van der Waals surface area contributed by atoms with Gasteiger partial charge in [0.25, 0.3) is 11.5 Å². The fourth-order valence-electron chi connectivity index (χ4n) is 2.70. The molecule has 0 unspecified atom stereocenters. The molecular weight excluding hydrogens is 300 g/mol. The highest BCUT2D eigenvalue weighted by Crippen LogP contribution is 2.17. The molecule has 3 rings (SSSR count).